The molecule has 0 unspecified atom stereocenters. The van der Waals surface area contributed by atoms with Gasteiger partial charge in [-0.3, -0.25) is 9.59 Å². The summed E-state index contributed by atoms with van der Waals surface area (Å²) in [5.41, 5.74) is 2.51. The normalized spacial score (nSPS) is 18.1. The molecule has 0 spiro atoms. The molecule has 152 valence electrons. The Hall–Kier alpha value is -3.11. The lowest BCUT2D eigenvalue weighted by molar-refractivity contribution is -0.132. The van der Waals surface area contributed by atoms with E-state index in [1.165, 1.54) is 0 Å². The highest BCUT2D eigenvalue weighted by Crippen LogP contribution is 2.32. The highest BCUT2D eigenvalue weighted by molar-refractivity contribution is 6.30. The fourth-order valence-electron chi connectivity index (χ4n) is 3.91. The van der Waals surface area contributed by atoms with Gasteiger partial charge < -0.3 is 10.2 Å². The van der Waals surface area contributed by atoms with Gasteiger partial charge in [-0.1, -0.05) is 72.3 Å². The second-order valence-electron chi connectivity index (χ2n) is 7.79. The molecular formula is C25H23ClN2O2. The van der Waals surface area contributed by atoms with Crippen molar-refractivity contribution in [3.05, 3.63) is 106 Å². The van der Waals surface area contributed by atoms with Gasteiger partial charge in [0.15, 0.2) is 0 Å². The summed E-state index contributed by atoms with van der Waals surface area (Å²) in [6.07, 6.45) is 0.466. The van der Waals surface area contributed by atoms with Crippen LogP contribution in [0, 0.1) is 0 Å². The van der Waals surface area contributed by atoms with Crippen LogP contribution in [0.25, 0.3) is 0 Å². The molecule has 3 aromatic carbocycles. The molecule has 1 aliphatic heterocycles. The van der Waals surface area contributed by atoms with Crippen molar-refractivity contribution in [1.29, 1.82) is 0 Å². The molecular weight excluding hydrogens is 396 g/mol. The van der Waals surface area contributed by atoms with Gasteiger partial charge in [-0.15, -0.1) is 0 Å². The van der Waals surface area contributed by atoms with Crippen molar-refractivity contribution < 1.29 is 9.59 Å². The average molecular weight is 419 g/mol. The summed E-state index contributed by atoms with van der Waals surface area (Å²) in [6.45, 7) is 2.60. The number of hydrogen-bond donors (Lipinski definition) is 1. The first-order valence-corrected chi connectivity index (χ1v) is 10.3. The zero-order valence-corrected chi connectivity index (χ0v) is 17.5. The Morgan fingerprint density at radius 3 is 2.37 bits per heavy atom. The first-order chi connectivity index (χ1) is 14.5. The Labute approximate surface area is 181 Å². The van der Waals surface area contributed by atoms with Crippen LogP contribution in [-0.2, 0) is 24.3 Å². The Bertz CT molecular complexity index is 1070. The van der Waals surface area contributed by atoms with E-state index in [2.05, 4.69) is 5.32 Å². The smallest absolute Gasteiger partial charge is 0.255 e. The topological polar surface area (TPSA) is 49.4 Å². The van der Waals surface area contributed by atoms with Crippen LogP contribution in [0.2, 0.25) is 5.02 Å². The van der Waals surface area contributed by atoms with Gasteiger partial charge in [0.2, 0.25) is 5.91 Å². The van der Waals surface area contributed by atoms with Crippen molar-refractivity contribution in [1.82, 2.24) is 10.2 Å². The van der Waals surface area contributed by atoms with Crippen molar-refractivity contribution >= 4 is 23.4 Å². The van der Waals surface area contributed by atoms with Gasteiger partial charge in [-0.2, -0.15) is 0 Å². The fourth-order valence-corrected chi connectivity index (χ4v) is 4.04. The van der Waals surface area contributed by atoms with Crippen LogP contribution in [0.15, 0.2) is 78.9 Å². The second-order valence-corrected chi connectivity index (χ2v) is 8.23. The average Bonchev–Trinajstić information content (AvgIpc) is 2.77. The maximum absolute atomic E-state index is 13.4. The third-order valence-corrected chi connectivity index (χ3v) is 5.91. The number of halogens is 1. The minimum absolute atomic E-state index is 0.121. The largest absolute Gasteiger partial charge is 0.350 e. The van der Waals surface area contributed by atoms with Gasteiger partial charge in [-0.05, 0) is 41.8 Å². The molecule has 0 saturated carbocycles. The van der Waals surface area contributed by atoms with E-state index in [1.807, 2.05) is 73.7 Å². The van der Waals surface area contributed by atoms with Gasteiger partial charge in [0.1, 0.15) is 5.54 Å². The predicted octanol–water partition coefficient (Wildman–Crippen LogP) is 4.61. The number of carbonyl (C=O) groups is 2. The molecule has 5 heteroatoms. The maximum Gasteiger partial charge on any atom is 0.255 e. The van der Waals surface area contributed by atoms with Crippen LogP contribution in [0.3, 0.4) is 0 Å². The zero-order valence-electron chi connectivity index (χ0n) is 16.8. The Balaban J connectivity index is 1.63. The molecule has 1 atom stereocenters. The van der Waals surface area contributed by atoms with Crippen LogP contribution in [0.1, 0.15) is 34.0 Å². The number of amides is 2. The summed E-state index contributed by atoms with van der Waals surface area (Å²) in [4.78, 5) is 28.5. The summed E-state index contributed by atoms with van der Waals surface area (Å²) in [7, 11) is 0. The molecule has 4 rings (SSSR count). The number of benzene rings is 3. The molecule has 3 aromatic rings. The lowest BCUT2D eigenvalue weighted by Crippen LogP contribution is -2.62. The van der Waals surface area contributed by atoms with E-state index in [9.17, 15) is 9.59 Å². The molecule has 0 saturated heterocycles. The summed E-state index contributed by atoms with van der Waals surface area (Å²) in [5.74, 6) is -0.291. The lowest BCUT2D eigenvalue weighted by atomic mass is 9.82. The van der Waals surface area contributed by atoms with Crippen LogP contribution in [0.5, 0.6) is 0 Å². The van der Waals surface area contributed by atoms with Gasteiger partial charge in [0.25, 0.3) is 5.91 Å². The molecule has 0 radical (unpaired) electrons. The van der Waals surface area contributed by atoms with Crippen LogP contribution in [-0.4, -0.2) is 22.3 Å². The summed E-state index contributed by atoms with van der Waals surface area (Å²) < 4.78 is 0. The van der Waals surface area contributed by atoms with Gasteiger partial charge >= 0.3 is 0 Å². The van der Waals surface area contributed by atoms with Crippen LogP contribution in [0.4, 0.5) is 0 Å². The first-order valence-electron chi connectivity index (χ1n) is 9.94. The van der Waals surface area contributed by atoms with E-state index in [-0.39, 0.29) is 11.8 Å². The zero-order chi connectivity index (χ0) is 21.1. The second kappa shape index (κ2) is 8.33. The molecule has 1 aliphatic rings. The maximum atomic E-state index is 13.4. The van der Waals surface area contributed by atoms with Gasteiger partial charge in [0.05, 0.1) is 0 Å². The fraction of sp³-hybridized carbons (Fsp3) is 0.200. The number of hydrogen-bond acceptors (Lipinski definition) is 2. The Morgan fingerprint density at radius 2 is 1.63 bits per heavy atom. The predicted molar refractivity (Wildman–Crippen MR) is 118 cm³/mol. The van der Waals surface area contributed by atoms with E-state index in [1.54, 1.807) is 17.0 Å². The van der Waals surface area contributed by atoms with Crippen molar-refractivity contribution in [2.75, 3.05) is 0 Å². The van der Waals surface area contributed by atoms with E-state index in [0.29, 0.717) is 30.1 Å². The molecule has 0 fully saturated rings. The van der Waals surface area contributed by atoms with E-state index in [0.717, 1.165) is 16.7 Å². The molecule has 2 amide bonds. The molecule has 0 aliphatic carbocycles. The molecule has 1 heterocycles. The molecule has 1 N–H and O–H groups in total. The SMILES string of the molecule is C[C@@]1(C(=O)NCc2ccc(Cl)cc2)Cc2ccccc2C(=O)N1Cc1ccccc1. The Morgan fingerprint density at radius 1 is 0.967 bits per heavy atom. The van der Waals surface area contributed by atoms with Crippen molar-refractivity contribution in [2.45, 2.75) is 32.0 Å². The van der Waals surface area contributed by atoms with Crippen molar-refractivity contribution in [3.63, 3.8) is 0 Å². The number of nitrogens with one attached hydrogen (secondary N) is 1. The summed E-state index contributed by atoms with van der Waals surface area (Å²) >= 11 is 5.95. The van der Waals surface area contributed by atoms with E-state index in [4.69, 9.17) is 11.6 Å². The molecule has 30 heavy (non-hydrogen) atoms. The number of nitrogens with zero attached hydrogens (tertiary/aromatic N) is 1. The molecule has 4 nitrogen and oxygen atoms in total. The third kappa shape index (κ3) is 3.96. The number of fused-ring (bicyclic) bond motifs is 1. The van der Waals surface area contributed by atoms with Crippen molar-refractivity contribution in [3.8, 4) is 0 Å². The minimum Gasteiger partial charge on any atom is -0.350 e. The van der Waals surface area contributed by atoms with Crippen LogP contribution < -0.4 is 5.32 Å². The highest BCUT2D eigenvalue weighted by atomic mass is 35.5. The van der Waals surface area contributed by atoms with Gasteiger partial charge in [0, 0.05) is 30.1 Å². The van der Waals surface area contributed by atoms with Gasteiger partial charge in [-0.25, -0.2) is 0 Å². The minimum atomic E-state index is -0.992. The molecule has 0 bridgehead atoms. The van der Waals surface area contributed by atoms with Crippen LogP contribution >= 0.6 is 11.6 Å². The summed E-state index contributed by atoms with van der Waals surface area (Å²) in [5, 5.41) is 3.67. The number of carbonyl (C=O) groups excluding carboxylic acids is 2. The van der Waals surface area contributed by atoms with E-state index >= 15 is 0 Å². The third-order valence-electron chi connectivity index (χ3n) is 5.66. The monoisotopic (exact) mass is 418 g/mol. The molecule has 0 aromatic heterocycles. The standard InChI is InChI=1S/C25H23ClN2O2/c1-25(24(30)27-16-18-11-13-21(26)14-12-18)15-20-9-5-6-10-22(20)23(29)28(25)17-19-7-3-2-4-8-19/h2-14H,15-17H2,1H3,(H,27,30)/t25-/m0/s1. The lowest BCUT2D eigenvalue weighted by Gasteiger charge is -2.44. The Kier molecular flexibility index (Phi) is 5.60. The number of rotatable bonds is 5. The highest BCUT2D eigenvalue weighted by Gasteiger charge is 2.46. The first kappa shape index (κ1) is 20.2. The van der Waals surface area contributed by atoms with Crippen molar-refractivity contribution in [2.24, 2.45) is 0 Å². The summed E-state index contributed by atoms with van der Waals surface area (Å²) in [6, 6.07) is 24.7. The quantitative estimate of drug-likeness (QED) is 0.657. The van der Waals surface area contributed by atoms with E-state index < -0.39 is 5.54 Å².